The highest BCUT2D eigenvalue weighted by Gasteiger charge is 2.26. The maximum atomic E-state index is 12.7. The largest absolute Gasteiger partial charge is 0.465 e. The van der Waals surface area contributed by atoms with Crippen molar-refractivity contribution in [2.45, 2.75) is 13.8 Å². The van der Waals surface area contributed by atoms with Gasteiger partial charge in [0, 0.05) is 37.4 Å². The van der Waals surface area contributed by atoms with Gasteiger partial charge in [0.15, 0.2) is 5.78 Å². The highest BCUT2D eigenvalue weighted by Crippen LogP contribution is 2.20. The maximum absolute atomic E-state index is 12.7. The van der Waals surface area contributed by atoms with Gasteiger partial charge in [0.05, 0.1) is 24.9 Å². The van der Waals surface area contributed by atoms with Gasteiger partial charge in [-0.05, 0) is 31.5 Å². The second kappa shape index (κ2) is 8.39. The number of H-pyrrole nitrogens is 1. The highest BCUT2D eigenvalue weighted by molar-refractivity contribution is 6.02. The van der Waals surface area contributed by atoms with Crippen molar-refractivity contribution in [3.63, 3.8) is 0 Å². The Kier molecular flexibility index (Phi) is 5.94. The average molecular weight is 383 g/mol. The minimum Gasteiger partial charge on any atom is -0.465 e. The van der Waals surface area contributed by atoms with Gasteiger partial charge in [-0.25, -0.2) is 4.79 Å². The Hall–Kier alpha value is -2.93. The molecule has 0 spiro atoms. The smallest absolute Gasteiger partial charge is 0.339 e. The fourth-order valence-electron chi connectivity index (χ4n) is 3.59. The van der Waals surface area contributed by atoms with Crippen LogP contribution in [0.4, 0.5) is 0 Å². The van der Waals surface area contributed by atoms with Crippen molar-refractivity contribution < 1.29 is 19.1 Å². The number of carbonyl (C=O) groups is 3. The molecule has 1 aromatic heterocycles. The predicted molar refractivity (Wildman–Crippen MR) is 105 cm³/mol. The molecule has 1 saturated heterocycles. The maximum Gasteiger partial charge on any atom is 0.339 e. The molecule has 2 aromatic rings. The Bertz CT molecular complexity index is 881. The van der Waals surface area contributed by atoms with Crippen LogP contribution in [0.2, 0.25) is 0 Å². The van der Waals surface area contributed by atoms with Gasteiger partial charge in [-0.15, -0.1) is 0 Å². The summed E-state index contributed by atoms with van der Waals surface area (Å²) in [6, 6.07) is 9.22. The Morgan fingerprint density at radius 2 is 1.68 bits per heavy atom. The lowest BCUT2D eigenvalue weighted by atomic mass is 10.1. The van der Waals surface area contributed by atoms with Crippen LogP contribution in [0.15, 0.2) is 30.3 Å². The summed E-state index contributed by atoms with van der Waals surface area (Å²) in [7, 11) is 1.33. The summed E-state index contributed by atoms with van der Waals surface area (Å²) in [5.41, 5.74) is 2.79. The third kappa shape index (κ3) is 3.99. The Morgan fingerprint density at radius 3 is 2.29 bits per heavy atom. The van der Waals surface area contributed by atoms with E-state index in [-0.39, 0.29) is 18.2 Å². The number of carbonyl (C=O) groups excluding carboxylic acids is 3. The number of ketones is 1. The number of hydrogen-bond acceptors (Lipinski definition) is 5. The predicted octanol–water partition coefficient (Wildman–Crippen LogP) is 2.06. The number of ether oxygens (including phenoxy) is 1. The van der Waals surface area contributed by atoms with E-state index in [1.807, 2.05) is 40.1 Å². The molecule has 1 amide bonds. The van der Waals surface area contributed by atoms with Crippen molar-refractivity contribution in [3.05, 3.63) is 58.4 Å². The SMILES string of the molecule is COC(=O)c1c(C)[nH]c(C(=O)CN2CCN(C(=O)c3ccccc3)CC2)c1C. The molecule has 0 saturated carbocycles. The van der Waals surface area contributed by atoms with Crippen LogP contribution >= 0.6 is 0 Å². The van der Waals surface area contributed by atoms with Gasteiger partial charge in [-0.3, -0.25) is 14.5 Å². The molecule has 148 valence electrons. The van der Waals surface area contributed by atoms with E-state index in [0.717, 1.165) is 0 Å². The first kappa shape index (κ1) is 19.8. The molecular formula is C21H25N3O4. The van der Waals surface area contributed by atoms with E-state index in [4.69, 9.17) is 4.74 Å². The lowest BCUT2D eigenvalue weighted by molar-refractivity contribution is 0.0597. The van der Waals surface area contributed by atoms with E-state index in [1.54, 1.807) is 13.8 Å². The topological polar surface area (TPSA) is 82.7 Å². The zero-order valence-electron chi connectivity index (χ0n) is 16.4. The van der Waals surface area contributed by atoms with Crippen molar-refractivity contribution in [1.29, 1.82) is 0 Å². The summed E-state index contributed by atoms with van der Waals surface area (Å²) in [5.74, 6) is -0.498. The first-order valence-corrected chi connectivity index (χ1v) is 9.29. The zero-order valence-corrected chi connectivity index (χ0v) is 16.4. The number of aromatic amines is 1. The number of esters is 1. The molecule has 1 aliphatic heterocycles. The molecule has 1 aromatic carbocycles. The third-order valence-corrected chi connectivity index (χ3v) is 5.15. The molecule has 1 N–H and O–H groups in total. The number of Topliss-reactive ketones (excluding diaryl/α,β-unsaturated/α-hetero) is 1. The second-order valence-corrected chi connectivity index (χ2v) is 6.97. The molecule has 28 heavy (non-hydrogen) atoms. The number of amides is 1. The quantitative estimate of drug-likeness (QED) is 0.631. The summed E-state index contributed by atoms with van der Waals surface area (Å²) >= 11 is 0. The van der Waals surface area contributed by atoms with Gasteiger partial charge in [-0.2, -0.15) is 0 Å². The summed E-state index contributed by atoms with van der Waals surface area (Å²) in [6.07, 6.45) is 0. The first-order chi connectivity index (χ1) is 13.4. The summed E-state index contributed by atoms with van der Waals surface area (Å²) in [5, 5.41) is 0. The molecular weight excluding hydrogens is 358 g/mol. The number of aryl methyl sites for hydroxylation is 1. The number of rotatable bonds is 5. The Morgan fingerprint density at radius 1 is 1.04 bits per heavy atom. The van der Waals surface area contributed by atoms with Crippen molar-refractivity contribution in [1.82, 2.24) is 14.8 Å². The van der Waals surface area contributed by atoms with Crippen LogP contribution in [-0.4, -0.2) is 72.3 Å². The molecule has 7 heteroatoms. The number of nitrogens with one attached hydrogen (secondary N) is 1. The minimum absolute atomic E-state index is 0.0186. The van der Waals surface area contributed by atoms with Gasteiger partial charge in [-0.1, -0.05) is 18.2 Å². The van der Waals surface area contributed by atoms with Crippen LogP contribution in [0.1, 0.15) is 42.5 Å². The summed E-state index contributed by atoms with van der Waals surface area (Å²) in [4.78, 5) is 44.0. The van der Waals surface area contributed by atoms with E-state index >= 15 is 0 Å². The molecule has 1 aliphatic rings. The van der Waals surface area contributed by atoms with Gasteiger partial charge >= 0.3 is 5.97 Å². The normalized spacial score (nSPS) is 14.8. The van der Waals surface area contributed by atoms with Crippen LogP contribution in [0.3, 0.4) is 0 Å². The molecule has 3 rings (SSSR count). The molecule has 2 heterocycles. The lowest BCUT2D eigenvalue weighted by Gasteiger charge is -2.34. The Labute approximate surface area is 164 Å². The molecule has 0 bridgehead atoms. The van der Waals surface area contributed by atoms with Crippen LogP contribution in [0.5, 0.6) is 0 Å². The van der Waals surface area contributed by atoms with E-state index in [0.29, 0.717) is 54.3 Å². The van der Waals surface area contributed by atoms with Crippen LogP contribution in [0.25, 0.3) is 0 Å². The fraction of sp³-hybridized carbons (Fsp3) is 0.381. The number of nitrogens with zero attached hydrogens (tertiary/aromatic N) is 2. The molecule has 0 aliphatic carbocycles. The molecule has 7 nitrogen and oxygen atoms in total. The number of aromatic nitrogens is 1. The van der Waals surface area contributed by atoms with E-state index in [2.05, 4.69) is 4.98 Å². The molecule has 0 unspecified atom stereocenters. The van der Waals surface area contributed by atoms with E-state index in [9.17, 15) is 14.4 Å². The van der Waals surface area contributed by atoms with Crippen LogP contribution in [0, 0.1) is 13.8 Å². The lowest BCUT2D eigenvalue weighted by Crippen LogP contribution is -2.50. The fourth-order valence-corrected chi connectivity index (χ4v) is 3.59. The number of methoxy groups -OCH3 is 1. The highest BCUT2D eigenvalue weighted by atomic mass is 16.5. The van der Waals surface area contributed by atoms with Gasteiger partial charge < -0.3 is 14.6 Å². The van der Waals surface area contributed by atoms with Crippen molar-refractivity contribution >= 4 is 17.7 Å². The minimum atomic E-state index is -0.446. The average Bonchev–Trinajstić information content (AvgIpc) is 3.02. The number of benzene rings is 1. The van der Waals surface area contributed by atoms with Crippen LogP contribution in [-0.2, 0) is 4.74 Å². The third-order valence-electron chi connectivity index (χ3n) is 5.15. The Balaban J connectivity index is 1.60. The van der Waals surface area contributed by atoms with Crippen molar-refractivity contribution in [3.8, 4) is 0 Å². The number of hydrogen-bond donors (Lipinski definition) is 1. The molecule has 1 fully saturated rings. The second-order valence-electron chi connectivity index (χ2n) is 6.97. The first-order valence-electron chi connectivity index (χ1n) is 9.29. The number of piperazine rings is 1. The molecule has 0 atom stereocenters. The van der Waals surface area contributed by atoms with Crippen LogP contribution < -0.4 is 0 Å². The van der Waals surface area contributed by atoms with Gasteiger partial charge in [0.2, 0.25) is 0 Å². The molecule has 0 radical (unpaired) electrons. The van der Waals surface area contributed by atoms with Crippen molar-refractivity contribution in [2.24, 2.45) is 0 Å². The standard InChI is InChI=1S/C21H25N3O4/c1-14-18(21(27)28-3)15(2)22-19(14)17(25)13-23-9-11-24(12-10-23)20(26)16-7-5-4-6-8-16/h4-8,22H,9-13H2,1-3H3. The van der Waals surface area contributed by atoms with E-state index in [1.165, 1.54) is 7.11 Å². The van der Waals surface area contributed by atoms with Crippen molar-refractivity contribution in [2.75, 3.05) is 39.8 Å². The monoisotopic (exact) mass is 383 g/mol. The van der Waals surface area contributed by atoms with E-state index < -0.39 is 5.97 Å². The van der Waals surface area contributed by atoms with Gasteiger partial charge in [0.25, 0.3) is 5.91 Å². The summed E-state index contributed by atoms with van der Waals surface area (Å²) < 4.78 is 4.79. The van der Waals surface area contributed by atoms with Gasteiger partial charge in [0.1, 0.15) is 0 Å². The summed E-state index contributed by atoms with van der Waals surface area (Å²) in [6.45, 7) is 6.17. The zero-order chi connectivity index (χ0) is 20.3.